The number of non-ortho nitro benzene ring substituents is 1. The maximum atomic E-state index is 11.0. The Morgan fingerprint density at radius 3 is 2.76 bits per heavy atom. The Morgan fingerprint density at radius 1 is 1.47 bits per heavy atom. The number of imidazole rings is 1. The van der Waals surface area contributed by atoms with Crippen LogP contribution in [0.5, 0.6) is 0 Å². The normalized spacial score (nSPS) is 10.1. The molecule has 0 fully saturated rings. The Bertz CT molecular complexity index is 577. The summed E-state index contributed by atoms with van der Waals surface area (Å²) in [5.74, 6) is -1.15. The van der Waals surface area contributed by atoms with E-state index < -0.39 is 10.9 Å². The van der Waals surface area contributed by atoms with Crippen molar-refractivity contribution in [3.05, 3.63) is 52.6 Å². The molecule has 0 bridgehead atoms. The largest absolute Gasteiger partial charge is 0.478 e. The van der Waals surface area contributed by atoms with Gasteiger partial charge in [-0.1, -0.05) is 0 Å². The molecule has 0 atom stereocenters. The highest BCUT2D eigenvalue weighted by Gasteiger charge is 2.16. The molecule has 1 aromatic heterocycles. The van der Waals surface area contributed by atoms with Crippen molar-refractivity contribution in [3.8, 4) is 5.69 Å². The lowest BCUT2D eigenvalue weighted by Gasteiger charge is -2.06. The molecule has 2 rings (SSSR count). The third-order valence-corrected chi connectivity index (χ3v) is 2.21. The molecule has 1 N–H and O–H groups in total. The summed E-state index contributed by atoms with van der Waals surface area (Å²) in [6.45, 7) is 0. The maximum absolute atomic E-state index is 11.0. The zero-order valence-corrected chi connectivity index (χ0v) is 8.48. The number of carbonyl (C=O) groups is 1. The highest BCUT2D eigenvalue weighted by atomic mass is 16.6. The molecule has 0 aliphatic carbocycles. The number of aromatic carboxylic acids is 1. The first kappa shape index (κ1) is 10.8. The van der Waals surface area contributed by atoms with Crippen molar-refractivity contribution in [1.29, 1.82) is 0 Å². The van der Waals surface area contributed by atoms with Crippen LogP contribution in [0.1, 0.15) is 10.4 Å². The number of carboxylic acid groups (broad SMARTS) is 1. The van der Waals surface area contributed by atoms with Crippen LogP contribution < -0.4 is 0 Å². The van der Waals surface area contributed by atoms with Crippen LogP contribution in [0.15, 0.2) is 36.9 Å². The molecule has 0 amide bonds. The summed E-state index contributed by atoms with van der Waals surface area (Å²) in [6, 6.07) is 3.56. The van der Waals surface area contributed by atoms with E-state index >= 15 is 0 Å². The van der Waals surface area contributed by atoms with Crippen molar-refractivity contribution in [2.24, 2.45) is 0 Å². The number of carboxylic acids is 1. The van der Waals surface area contributed by atoms with Crippen molar-refractivity contribution >= 4 is 11.7 Å². The van der Waals surface area contributed by atoms with E-state index in [1.54, 1.807) is 0 Å². The Morgan fingerprint density at radius 2 is 2.24 bits per heavy atom. The molecule has 86 valence electrons. The van der Waals surface area contributed by atoms with Crippen LogP contribution in [0.2, 0.25) is 0 Å². The minimum atomic E-state index is -1.15. The average molecular weight is 233 g/mol. The second-order valence-corrected chi connectivity index (χ2v) is 3.23. The van der Waals surface area contributed by atoms with Gasteiger partial charge in [-0.3, -0.25) is 10.1 Å². The van der Waals surface area contributed by atoms with Crippen molar-refractivity contribution in [1.82, 2.24) is 9.55 Å². The molecule has 1 aromatic carbocycles. The molecule has 0 saturated heterocycles. The van der Waals surface area contributed by atoms with Crippen LogP contribution in [-0.4, -0.2) is 25.6 Å². The minimum absolute atomic E-state index is 0.0198. The van der Waals surface area contributed by atoms with Gasteiger partial charge < -0.3 is 9.67 Å². The minimum Gasteiger partial charge on any atom is -0.478 e. The summed E-state index contributed by atoms with van der Waals surface area (Å²) in [4.78, 5) is 24.8. The molecule has 7 nitrogen and oxygen atoms in total. The smallest absolute Gasteiger partial charge is 0.337 e. The van der Waals surface area contributed by atoms with E-state index in [9.17, 15) is 14.9 Å². The van der Waals surface area contributed by atoms with E-state index in [0.717, 1.165) is 6.07 Å². The predicted molar refractivity (Wildman–Crippen MR) is 57.2 cm³/mol. The van der Waals surface area contributed by atoms with E-state index in [2.05, 4.69) is 4.98 Å². The molecule has 0 aliphatic rings. The summed E-state index contributed by atoms with van der Waals surface area (Å²) in [7, 11) is 0. The molecule has 17 heavy (non-hydrogen) atoms. The monoisotopic (exact) mass is 233 g/mol. The Balaban J connectivity index is 2.64. The highest BCUT2D eigenvalue weighted by Crippen LogP contribution is 2.21. The van der Waals surface area contributed by atoms with Crippen molar-refractivity contribution in [2.75, 3.05) is 0 Å². The lowest BCUT2D eigenvalue weighted by atomic mass is 10.1. The summed E-state index contributed by atoms with van der Waals surface area (Å²) in [5.41, 5.74) is 0.0245. The zero-order chi connectivity index (χ0) is 12.4. The average Bonchev–Trinajstić information content (AvgIpc) is 2.81. The second kappa shape index (κ2) is 4.05. The van der Waals surface area contributed by atoms with Crippen molar-refractivity contribution < 1.29 is 14.8 Å². The second-order valence-electron chi connectivity index (χ2n) is 3.23. The fourth-order valence-corrected chi connectivity index (χ4v) is 1.43. The number of nitro groups is 1. The number of hydrogen-bond acceptors (Lipinski definition) is 4. The van der Waals surface area contributed by atoms with Crippen LogP contribution in [-0.2, 0) is 0 Å². The highest BCUT2D eigenvalue weighted by molar-refractivity contribution is 5.92. The van der Waals surface area contributed by atoms with E-state index in [0.29, 0.717) is 0 Å². The van der Waals surface area contributed by atoms with E-state index in [4.69, 9.17) is 5.11 Å². The van der Waals surface area contributed by atoms with Crippen LogP contribution >= 0.6 is 0 Å². The number of benzene rings is 1. The van der Waals surface area contributed by atoms with E-state index in [1.807, 2.05) is 0 Å². The molecule has 0 radical (unpaired) electrons. The first-order valence-electron chi connectivity index (χ1n) is 4.59. The summed E-state index contributed by atoms with van der Waals surface area (Å²) >= 11 is 0. The number of aromatic nitrogens is 2. The third kappa shape index (κ3) is 1.98. The topological polar surface area (TPSA) is 98.3 Å². The Labute approximate surface area is 95.1 Å². The lowest BCUT2D eigenvalue weighted by molar-refractivity contribution is -0.384. The van der Waals surface area contributed by atoms with Gasteiger partial charge in [-0.2, -0.15) is 0 Å². The number of nitro benzene ring substituents is 1. The Hall–Kier alpha value is -2.70. The van der Waals surface area contributed by atoms with Gasteiger partial charge in [-0.25, -0.2) is 9.78 Å². The molecule has 7 heteroatoms. The Kier molecular flexibility index (Phi) is 2.57. The van der Waals surface area contributed by atoms with Crippen molar-refractivity contribution in [2.45, 2.75) is 0 Å². The van der Waals surface area contributed by atoms with Gasteiger partial charge in [0.15, 0.2) is 0 Å². The van der Waals surface area contributed by atoms with Crippen LogP contribution in [0.3, 0.4) is 0 Å². The van der Waals surface area contributed by atoms with Gasteiger partial charge >= 0.3 is 5.97 Å². The van der Waals surface area contributed by atoms with Gasteiger partial charge in [-0.05, 0) is 6.07 Å². The van der Waals surface area contributed by atoms with E-state index in [-0.39, 0.29) is 16.9 Å². The van der Waals surface area contributed by atoms with Crippen molar-refractivity contribution in [3.63, 3.8) is 0 Å². The molecule has 2 aromatic rings. The third-order valence-electron chi connectivity index (χ3n) is 2.21. The summed E-state index contributed by atoms with van der Waals surface area (Å²) < 4.78 is 1.41. The molecule has 0 spiro atoms. The van der Waals surface area contributed by atoms with Gasteiger partial charge in [0.1, 0.15) is 0 Å². The molecule has 0 unspecified atom stereocenters. The SMILES string of the molecule is O=C(O)c1ccc([N+](=O)[O-])cc1-n1ccnc1. The molecule has 0 saturated carbocycles. The van der Waals surface area contributed by atoms with Crippen LogP contribution in [0.4, 0.5) is 5.69 Å². The first-order chi connectivity index (χ1) is 8.09. The van der Waals surface area contributed by atoms with Gasteiger partial charge in [0.05, 0.1) is 22.5 Å². The summed E-state index contributed by atoms with van der Waals surface area (Å²) in [5, 5.41) is 19.6. The van der Waals surface area contributed by atoms with Crippen LogP contribution in [0, 0.1) is 10.1 Å². The molecule has 1 heterocycles. The zero-order valence-electron chi connectivity index (χ0n) is 8.48. The van der Waals surface area contributed by atoms with Gasteiger partial charge in [-0.15, -0.1) is 0 Å². The number of hydrogen-bond donors (Lipinski definition) is 1. The molecular weight excluding hydrogens is 226 g/mol. The van der Waals surface area contributed by atoms with Gasteiger partial charge in [0.2, 0.25) is 0 Å². The first-order valence-corrected chi connectivity index (χ1v) is 4.59. The number of nitrogens with zero attached hydrogens (tertiary/aromatic N) is 3. The number of rotatable bonds is 3. The van der Waals surface area contributed by atoms with Crippen LogP contribution in [0.25, 0.3) is 5.69 Å². The lowest BCUT2D eigenvalue weighted by Crippen LogP contribution is -2.05. The van der Waals surface area contributed by atoms with Gasteiger partial charge in [0, 0.05) is 24.5 Å². The molecular formula is C10H7N3O4. The quantitative estimate of drug-likeness (QED) is 0.639. The van der Waals surface area contributed by atoms with Gasteiger partial charge in [0.25, 0.3) is 5.69 Å². The summed E-state index contributed by atoms with van der Waals surface area (Å²) in [6.07, 6.45) is 4.36. The maximum Gasteiger partial charge on any atom is 0.337 e. The fraction of sp³-hybridized carbons (Fsp3) is 0. The standard InChI is InChI=1S/C10H7N3O4/c14-10(15)8-2-1-7(13(16)17)5-9(8)12-4-3-11-6-12/h1-6H,(H,14,15). The molecule has 0 aliphatic heterocycles. The predicted octanol–water partition coefficient (Wildman–Crippen LogP) is 1.48. The fourth-order valence-electron chi connectivity index (χ4n) is 1.43. The van der Waals surface area contributed by atoms with E-state index in [1.165, 1.54) is 35.4 Å².